The van der Waals surface area contributed by atoms with Gasteiger partial charge in [0.25, 0.3) is 11.8 Å². The molecule has 0 aromatic heterocycles. The van der Waals surface area contributed by atoms with Gasteiger partial charge in [-0.1, -0.05) is 11.6 Å². The molecule has 2 aliphatic rings. The van der Waals surface area contributed by atoms with Gasteiger partial charge in [-0.05, 0) is 48.0 Å². The number of aliphatic hydroxyl groups excluding tert-OH is 1. The highest BCUT2D eigenvalue weighted by atomic mass is 35.5. The summed E-state index contributed by atoms with van der Waals surface area (Å²) in [5, 5.41) is 24.3. The first-order valence-corrected chi connectivity index (χ1v) is 9.45. The van der Waals surface area contributed by atoms with E-state index in [1.54, 1.807) is 42.5 Å². The van der Waals surface area contributed by atoms with Crippen molar-refractivity contribution in [1.29, 1.82) is 5.41 Å². The number of halogens is 1. The molecule has 0 aliphatic carbocycles. The average Bonchev–Trinajstić information content (AvgIpc) is 3.08. The van der Waals surface area contributed by atoms with Crippen molar-refractivity contribution in [3.8, 4) is 0 Å². The number of aliphatic hydroxyl groups is 1. The summed E-state index contributed by atoms with van der Waals surface area (Å²) in [6.45, 7) is 1.01. The van der Waals surface area contributed by atoms with Crippen LogP contribution in [0, 0.1) is 5.41 Å². The Morgan fingerprint density at radius 2 is 2.07 bits per heavy atom. The molecule has 2 aliphatic heterocycles. The van der Waals surface area contributed by atoms with E-state index in [0.29, 0.717) is 35.3 Å². The summed E-state index contributed by atoms with van der Waals surface area (Å²) in [7, 11) is 0. The molecule has 9 heteroatoms. The van der Waals surface area contributed by atoms with Crippen LogP contribution in [0.2, 0.25) is 5.02 Å². The lowest BCUT2D eigenvalue weighted by Crippen LogP contribution is -2.55. The number of fused-ring (bicyclic) bond motifs is 1. The third-order valence-corrected chi connectivity index (χ3v) is 5.17. The maximum absolute atomic E-state index is 12.8. The number of anilines is 2. The zero-order chi connectivity index (χ0) is 20.5. The zero-order valence-corrected chi connectivity index (χ0v) is 16.1. The van der Waals surface area contributed by atoms with Crippen molar-refractivity contribution < 1.29 is 19.4 Å². The molecule has 29 heavy (non-hydrogen) atoms. The van der Waals surface area contributed by atoms with Gasteiger partial charge in [-0.3, -0.25) is 15.0 Å². The van der Waals surface area contributed by atoms with E-state index in [4.69, 9.17) is 21.7 Å². The first-order valence-electron chi connectivity index (χ1n) is 9.07. The second-order valence-corrected chi connectivity index (χ2v) is 7.23. The van der Waals surface area contributed by atoms with E-state index in [2.05, 4.69) is 10.6 Å². The van der Waals surface area contributed by atoms with E-state index >= 15 is 0 Å². The highest BCUT2D eigenvalue weighted by molar-refractivity contribution is 6.30. The van der Waals surface area contributed by atoms with Crippen LogP contribution in [0.5, 0.6) is 0 Å². The second-order valence-electron chi connectivity index (χ2n) is 6.79. The van der Waals surface area contributed by atoms with Crippen LogP contribution in [-0.2, 0) is 20.9 Å². The van der Waals surface area contributed by atoms with E-state index in [9.17, 15) is 14.7 Å². The van der Waals surface area contributed by atoms with Gasteiger partial charge in [0.1, 0.15) is 5.84 Å². The lowest BCUT2D eigenvalue weighted by Gasteiger charge is -2.34. The van der Waals surface area contributed by atoms with Crippen molar-refractivity contribution in [2.24, 2.45) is 0 Å². The van der Waals surface area contributed by atoms with Gasteiger partial charge in [0.15, 0.2) is 12.2 Å². The number of benzene rings is 2. The Bertz CT molecular complexity index is 979. The zero-order valence-electron chi connectivity index (χ0n) is 15.3. The number of nitrogens with zero attached hydrogens (tertiary/aromatic N) is 1. The summed E-state index contributed by atoms with van der Waals surface area (Å²) in [6.07, 6.45) is -2.97. The Hall–Kier alpha value is -2.94. The summed E-state index contributed by atoms with van der Waals surface area (Å²) < 4.78 is 5.41. The van der Waals surface area contributed by atoms with Gasteiger partial charge in [0, 0.05) is 35.1 Å². The van der Waals surface area contributed by atoms with Crippen LogP contribution < -0.4 is 15.5 Å². The molecule has 2 aromatic carbocycles. The first-order chi connectivity index (χ1) is 13.9. The molecule has 0 spiro atoms. The maximum atomic E-state index is 12.8. The van der Waals surface area contributed by atoms with Crippen molar-refractivity contribution in [2.75, 3.05) is 23.4 Å². The molecule has 2 heterocycles. The van der Waals surface area contributed by atoms with E-state index in [0.717, 1.165) is 11.1 Å². The van der Waals surface area contributed by atoms with E-state index in [-0.39, 0.29) is 6.61 Å². The van der Waals surface area contributed by atoms with Crippen LogP contribution >= 0.6 is 11.6 Å². The number of nitrogens with one attached hydrogen (secondary N) is 3. The molecule has 0 saturated carbocycles. The van der Waals surface area contributed by atoms with E-state index < -0.39 is 24.0 Å². The molecule has 2 amide bonds. The van der Waals surface area contributed by atoms with E-state index in [1.807, 2.05) is 0 Å². The number of carbonyl (C=O) groups is 2. The molecular weight excluding hydrogens is 396 g/mol. The van der Waals surface area contributed by atoms with Crippen molar-refractivity contribution in [3.63, 3.8) is 0 Å². The van der Waals surface area contributed by atoms with Gasteiger partial charge in [0.2, 0.25) is 0 Å². The second kappa shape index (κ2) is 7.82. The molecule has 8 nitrogen and oxygen atoms in total. The minimum atomic E-state index is -1.66. The summed E-state index contributed by atoms with van der Waals surface area (Å²) in [5.74, 6) is -0.892. The summed E-state index contributed by atoms with van der Waals surface area (Å²) in [4.78, 5) is 26.8. The van der Waals surface area contributed by atoms with Crippen LogP contribution in [0.25, 0.3) is 0 Å². The predicted molar refractivity (Wildman–Crippen MR) is 108 cm³/mol. The monoisotopic (exact) mass is 414 g/mol. The van der Waals surface area contributed by atoms with Crippen molar-refractivity contribution in [1.82, 2.24) is 5.32 Å². The molecular formula is C20H19ClN4O4. The third kappa shape index (κ3) is 3.82. The summed E-state index contributed by atoms with van der Waals surface area (Å²) >= 11 is 5.89. The fourth-order valence-electron chi connectivity index (χ4n) is 3.40. The normalized spacial score (nSPS) is 19.5. The SMILES string of the molecule is N=C1NCc2cc(NC(=O)C(O)[C@H]3OCCN(c4ccc(Cl)cc4)C3=O)ccc21. The molecule has 1 unspecified atom stereocenters. The number of rotatable bonds is 4. The van der Waals surface area contributed by atoms with Crippen LogP contribution in [-0.4, -0.2) is 48.1 Å². The molecule has 1 saturated heterocycles. The maximum Gasteiger partial charge on any atom is 0.259 e. The van der Waals surface area contributed by atoms with Crippen LogP contribution in [0.3, 0.4) is 0 Å². The Labute approximate surface area is 171 Å². The summed E-state index contributed by atoms with van der Waals surface area (Å²) in [5.41, 5.74) is 2.74. The summed E-state index contributed by atoms with van der Waals surface area (Å²) in [6, 6.07) is 11.8. The number of morpholine rings is 1. The molecule has 2 atom stereocenters. The molecule has 4 N–H and O–H groups in total. The molecule has 150 valence electrons. The highest BCUT2D eigenvalue weighted by Crippen LogP contribution is 2.24. The largest absolute Gasteiger partial charge is 0.380 e. The van der Waals surface area contributed by atoms with Crippen LogP contribution in [0.1, 0.15) is 11.1 Å². The minimum absolute atomic E-state index is 0.190. The quantitative estimate of drug-likeness (QED) is 0.605. The Morgan fingerprint density at radius 3 is 2.83 bits per heavy atom. The van der Waals surface area contributed by atoms with Gasteiger partial charge >= 0.3 is 0 Å². The number of amides is 2. The molecule has 0 bridgehead atoms. The smallest absolute Gasteiger partial charge is 0.259 e. The minimum Gasteiger partial charge on any atom is -0.380 e. The fraction of sp³-hybridized carbons (Fsp3) is 0.250. The Kier molecular flexibility index (Phi) is 5.23. The van der Waals surface area contributed by atoms with Gasteiger partial charge in [-0.15, -0.1) is 0 Å². The lowest BCUT2D eigenvalue weighted by atomic mass is 10.1. The predicted octanol–water partition coefficient (Wildman–Crippen LogP) is 1.50. The van der Waals surface area contributed by atoms with Gasteiger partial charge in [-0.2, -0.15) is 0 Å². The number of ether oxygens (including phenoxy) is 1. The van der Waals surface area contributed by atoms with Crippen molar-refractivity contribution in [2.45, 2.75) is 18.8 Å². The Balaban J connectivity index is 1.46. The standard InChI is InChI=1S/C20H19ClN4O4/c21-12-1-4-14(5-2-12)25-7-8-29-17(20(25)28)16(26)19(27)24-13-3-6-15-11(9-13)10-23-18(15)22/h1-6,9,16-17,26H,7-8,10H2,(H2,22,23)(H,24,27)/t16?,17-/m1/s1. The van der Waals surface area contributed by atoms with Gasteiger partial charge in [0.05, 0.1) is 6.61 Å². The number of hydrogen-bond acceptors (Lipinski definition) is 5. The van der Waals surface area contributed by atoms with E-state index in [1.165, 1.54) is 4.90 Å². The van der Waals surface area contributed by atoms with Crippen molar-refractivity contribution in [3.05, 3.63) is 58.6 Å². The topological polar surface area (TPSA) is 115 Å². The Morgan fingerprint density at radius 1 is 1.31 bits per heavy atom. The van der Waals surface area contributed by atoms with Gasteiger partial charge < -0.3 is 25.4 Å². The average molecular weight is 415 g/mol. The fourth-order valence-corrected chi connectivity index (χ4v) is 3.53. The number of amidine groups is 1. The van der Waals surface area contributed by atoms with Crippen LogP contribution in [0.4, 0.5) is 11.4 Å². The van der Waals surface area contributed by atoms with Crippen molar-refractivity contribution >= 4 is 40.6 Å². The van der Waals surface area contributed by atoms with Crippen LogP contribution in [0.15, 0.2) is 42.5 Å². The number of hydrogen-bond donors (Lipinski definition) is 4. The molecule has 2 aromatic rings. The number of carbonyl (C=O) groups excluding carboxylic acids is 2. The van der Waals surface area contributed by atoms with Gasteiger partial charge in [-0.25, -0.2) is 0 Å². The third-order valence-electron chi connectivity index (χ3n) is 4.91. The molecule has 4 rings (SSSR count). The first kappa shape index (κ1) is 19.4. The highest BCUT2D eigenvalue weighted by Gasteiger charge is 2.39. The molecule has 0 radical (unpaired) electrons. The lowest BCUT2D eigenvalue weighted by molar-refractivity contribution is -0.150. The molecule has 1 fully saturated rings.